The lowest BCUT2D eigenvalue weighted by atomic mass is 9.92. The Hall–Kier alpha value is -2.49. The molecule has 1 aliphatic rings. The molecule has 0 spiro atoms. The molecule has 1 aliphatic heterocycles. The highest BCUT2D eigenvalue weighted by Crippen LogP contribution is 2.36. The highest BCUT2D eigenvalue weighted by atomic mass is 35.5. The zero-order valence-corrected chi connectivity index (χ0v) is 14.1. The summed E-state index contributed by atoms with van der Waals surface area (Å²) in [5, 5.41) is 10.1. The number of aliphatic imine (C=N–C) groups is 2. The minimum absolute atomic E-state index is 0.0178. The van der Waals surface area contributed by atoms with Crippen molar-refractivity contribution < 1.29 is 8.78 Å². The molecule has 1 heterocycles. The smallest absolute Gasteiger partial charge is 0.160 e. The molecule has 2 atom stereocenters. The van der Waals surface area contributed by atoms with Gasteiger partial charge in [0.05, 0.1) is 11.6 Å². The number of halogens is 4. The van der Waals surface area contributed by atoms with E-state index in [9.17, 15) is 14.0 Å². The van der Waals surface area contributed by atoms with E-state index in [1.165, 1.54) is 12.1 Å². The van der Waals surface area contributed by atoms with Gasteiger partial charge in [0, 0.05) is 16.1 Å². The molecule has 2 aromatic rings. The van der Waals surface area contributed by atoms with Gasteiger partial charge >= 0.3 is 0 Å². The zero-order chi connectivity index (χ0) is 18.1. The molecule has 0 aliphatic carbocycles. The predicted molar refractivity (Wildman–Crippen MR) is 92.8 cm³/mol. The highest BCUT2D eigenvalue weighted by molar-refractivity contribution is 6.35. The van der Waals surface area contributed by atoms with E-state index in [2.05, 4.69) is 9.98 Å². The number of nitrogens with zero attached hydrogens (tertiary/aromatic N) is 3. The van der Waals surface area contributed by atoms with E-state index in [-0.39, 0.29) is 17.2 Å². The maximum atomic E-state index is 14.1. The minimum Gasteiger partial charge on any atom is -0.386 e. The van der Waals surface area contributed by atoms with Gasteiger partial charge in [-0.2, -0.15) is 5.26 Å². The van der Waals surface area contributed by atoms with Gasteiger partial charge in [0.25, 0.3) is 0 Å². The molecule has 2 unspecified atom stereocenters. The van der Waals surface area contributed by atoms with Crippen LogP contribution < -0.4 is 5.73 Å². The topological polar surface area (TPSA) is 74.5 Å². The van der Waals surface area contributed by atoms with E-state index in [1.54, 1.807) is 12.1 Å². The molecular weight excluding hydrogens is 369 g/mol. The van der Waals surface area contributed by atoms with Crippen LogP contribution in [0.3, 0.4) is 0 Å². The first-order valence-corrected chi connectivity index (χ1v) is 7.88. The second kappa shape index (κ2) is 6.79. The van der Waals surface area contributed by atoms with Crippen molar-refractivity contribution in [3.8, 4) is 6.07 Å². The van der Waals surface area contributed by atoms with Gasteiger partial charge in [-0.1, -0.05) is 29.3 Å². The number of nitriles is 1. The van der Waals surface area contributed by atoms with Gasteiger partial charge in [0.1, 0.15) is 29.4 Å². The molecule has 25 heavy (non-hydrogen) atoms. The summed E-state index contributed by atoms with van der Waals surface area (Å²) >= 11 is 12.1. The van der Waals surface area contributed by atoms with E-state index in [1.807, 2.05) is 6.07 Å². The molecular formula is C17H10Cl2F2N4. The van der Waals surface area contributed by atoms with Crippen molar-refractivity contribution in [1.82, 2.24) is 0 Å². The SMILES string of the molecule is N#CC1C(N)=NC(c2ccc(F)cc2F)=NC1c1ccc(Cl)cc1Cl. The van der Waals surface area contributed by atoms with Gasteiger partial charge in [-0.25, -0.2) is 13.8 Å². The van der Waals surface area contributed by atoms with E-state index in [4.69, 9.17) is 28.9 Å². The summed E-state index contributed by atoms with van der Waals surface area (Å²) in [6.07, 6.45) is 0. The van der Waals surface area contributed by atoms with Gasteiger partial charge in [-0.05, 0) is 29.8 Å². The Morgan fingerprint density at radius 1 is 1.12 bits per heavy atom. The fourth-order valence-corrected chi connectivity index (χ4v) is 3.04. The summed E-state index contributed by atoms with van der Waals surface area (Å²) in [5.41, 5.74) is 6.38. The highest BCUT2D eigenvalue weighted by Gasteiger charge is 2.32. The quantitative estimate of drug-likeness (QED) is 0.846. The Labute approximate surface area is 152 Å². The predicted octanol–water partition coefficient (Wildman–Crippen LogP) is 4.27. The maximum absolute atomic E-state index is 14.1. The molecule has 0 saturated carbocycles. The number of rotatable bonds is 2. The van der Waals surface area contributed by atoms with Crippen molar-refractivity contribution in [2.24, 2.45) is 21.6 Å². The average Bonchev–Trinajstić information content (AvgIpc) is 2.54. The Balaban J connectivity index is 2.14. The number of hydrogen-bond acceptors (Lipinski definition) is 4. The summed E-state index contributed by atoms with van der Waals surface area (Å²) in [6, 6.07) is 9.02. The Morgan fingerprint density at radius 2 is 1.88 bits per heavy atom. The molecule has 0 aromatic heterocycles. The Morgan fingerprint density at radius 3 is 2.52 bits per heavy atom. The molecule has 0 fully saturated rings. The van der Waals surface area contributed by atoms with Gasteiger partial charge in [-0.15, -0.1) is 0 Å². The van der Waals surface area contributed by atoms with E-state index < -0.39 is 23.6 Å². The molecule has 126 valence electrons. The summed E-state index contributed by atoms with van der Waals surface area (Å²) in [5.74, 6) is -2.47. The van der Waals surface area contributed by atoms with Gasteiger partial charge in [-0.3, -0.25) is 4.99 Å². The molecule has 0 amide bonds. The van der Waals surface area contributed by atoms with Crippen LogP contribution in [-0.2, 0) is 0 Å². The Bertz CT molecular complexity index is 950. The molecule has 0 radical (unpaired) electrons. The van der Waals surface area contributed by atoms with Crippen LogP contribution in [0.1, 0.15) is 17.2 Å². The second-order valence-corrected chi connectivity index (χ2v) is 6.17. The Kier molecular flexibility index (Phi) is 4.71. The van der Waals surface area contributed by atoms with Crippen molar-refractivity contribution >= 4 is 34.9 Å². The van der Waals surface area contributed by atoms with Gasteiger partial charge in [0.2, 0.25) is 0 Å². The molecule has 2 N–H and O–H groups in total. The van der Waals surface area contributed by atoms with Crippen molar-refractivity contribution in [3.63, 3.8) is 0 Å². The van der Waals surface area contributed by atoms with Crippen LogP contribution in [0.4, 0.5) is 8.78 Å². The van der Waals surface area contributed by atoms with E-state index >= 15 is 0 Å². The monoisotopic (exact) mass is 378 g/mol. The minimum atomic E-state index is -0.870. The van der Waals surface area contributed by atoms with Crippen molar-refractivity contribution in [3.05, 3.63) is 69.2 Å². The fraction of sp³-hybridized carbons (Fsp3) is 0.118. The number of nitrogens with two attached hydrogens (primary N) is 1. The average molecular weight is 379 g/mol. The lowest BCUT2D eigenvalue weighted by Gasteiger charge is -2.24. The second-order valence-electron chi connectivity index (χ2n) is 5.33. The first-order chi connectivity index (χ1) is 11.9. The van der Waals surface area contributed by atoms with Crippen molar-refractivity contribution in [1.29, 1.82) is 5.26 Å². The fourth-order valence-electron chi connectivity index (χ4n) is 2.52. The van der Waals surface area contributed by atoms with E-state index in [0.717, 1.165) is 12.1 Å². The number of amidine groups is 2. The third kappa shape index (κ3) is 3.34. The molecule has 2 aromatic carbocycles. The van der Waals surface area contributed by atoms with Crippen LogP contribution in [0.25, 0.3) is 0 Å². The summed E-state index contributed by atoms with van der Waals surface area (Å²) in [7, 11) is 0. The van der Waals surface area contributed by atoms with Gasteiger partial charge in [0.15, 0.2) is 5.84 Å². The van der Waals surface area contributed by atoms with Crippen LogP contribution >= 0.6 is 23.2 Å². The van der Waals surface area contributed by atoms with Crippen LogP contribution in [-0.4, -0.2) is 11.7 Å². The molecule has 8 heteroatoms. The maximum Gasteiger partial charge on any atom is 0.160 e. The summed E-state index contributed by atoms with van der Waals surface area (Å²) < 4.78 is 27.2. The molecule has 0 bridgehead atoms. The standard InChI is InChI=1S/C17H10Cl2F2N4/c18-8-1-3-10(13(19)5-8)15-12(7-22)16(23)25-17(24-15)11-4-2-9(20)6-14(11)21/h1-6,12,15H,(H2,23,24,25). The summed E-state index contributed by atoms with van der Waals surface area (Å²) in [4.78, 5) is 8.35. The lowest BCUT2D eigenvalue weighted by molar-refractivity contribution is 0.580. The third-order valence-corrected chi connectivity index (χ3v) is 4.29. The van der Waals surface area contributed by atoms with Crippen LogP contribution in [0, 0.1) is 28.9 Å². The van der Waals surface area contributed by atoms with Crippen molar-refractivity contribution in [2.45, 2.75) is 6.04 Å². The van der Waals surface area contributed by atoms with Crippen LogP contribution in [0.5, 0.6) is 0 Å². The van der Waals surface area contributed by atoms with Crippen LogP contribution in [0.2, 0.25) is 10.0 Å². The lowest BCUT2D eigenvalue weighted by Crippen LogP contribution is -2.32. The first-order valence-electron chi connectivity index (χ1n) is 7.12. The summed E-state index contributed by atoms with van der Waals surface area (Å²) in [6.45, 7) is 0. The third-order valence-electron chi connectivity index (χ3n) is 3.72. The number of benzene rings is 2. The van der Waals surface area contributed by atoms with Crippen molar-refractivity contribution in [2.75, 3.05) is 0 Å². The van der Waals surface area contributed by atoms with Gasteiger partial charge < -0.3 is 5.73 Å². The number of hydrogen-bond donors (Lipinski definition) is 1. The molecule has 4 nitrogen and oxygen atoms in total. The largest absolute Gasteiger partial charge is 0.386 e. The van der Waals surface area contributed by atoms with Crippen LogP contribution in [0.15, 0.2) is 46.4 Å². The molecule has 3 rings (SSSR count). The first kappa shape index (κ1) is 17.3. The van der Waals surface area contributed by atoms with E-state index in [0.29, 0.717) is 15.6 Å². The normalized spacial score (nSPS) is 19.8. The molecule has 0 saturated heterocycles. The zero-order valence-electron chi connectivity index (χ0n) is 12.5.